The van der Waals surface area contributed by atoms with Gasteiger partial charge in [0.15, 0.2) is 12.8 Å². The van der Waals surface area contributed by atoms with Crippen molar-refractivity contribution in [2.24, 2.45) is 4.99 Å². The van der Waals surface area contributed by atoms with Crippen molar-refractivity contribution >= 4 is 5.96 Å². The number of ether oxygens (including phenoxy) is 4. The maximum absolute atomic E-state index is 13.9. The van der Waals surface area contributed by atoms with Crippen molar-refractivity contribution in [1.82, 2.24) is 10.6 Å². The van der Waals surface area contributed by atoms with Gasteiger partial charge in [-0.15, -0.1) is 0 Å². The fraction of sp³-hybridized carbons (Fsp3) is 0.458. The van der Waals surface area contributed by atoms with Crippen LogP contribution in [0.4, 0.5) is 4.39 Å². The molecule has 32 heavy (non-hydrogen) atoms. The van der Waals surface area contributed by atoms with Crippen molar-refractivity contribution in [3.05, 3.63) is 52.3 Å². The molecule has 0 saturated carbocycles. The summed E-state index contributed by atoms with van der Waals surface area (Å²) in [5, 5.41) is 6.61. The standard InChI is InChI=1S/C24H30FN3O4/c1-4-30-21-10-17-7-15(2)32-22(17)11-18(21)12-28-24(26-3)27-6-5-16-8-20(25)9-19-13-29-14-31-23(16)19/h8-11,15H,4-7,12-14H2,1-3H3,(H2,26,27,28). The number of hydrogen-bond acceptors (Lipinski definition) is 5. The van der Waals surface area contributed by atoms with E-state index < -0.39 is 0 Å². The Kier molecular flexibility index (Phi) is 6.99. The molecule has 0 aromatic heterocycles. The number of nitrogens with one attached hydrogen (secondary N) is 2. The van der Waals surface area contributed by atoms with Crippen LogP contribution in [0.25, 0.3) is 0 Å². The van der Waals surface area contributed by atoms with Gasteiger partial charge in [-0.25, -0.2) is 4.39 Å². The van der Waals surface area contributed by atoms with E-state index in [0.29, 0.717) is 38.7 Å². The Morgan fingerprint density at radius 3 is 2.88 bits per heavy atom. The molecule has 2 N–H and O–H groups in total. The third kappa shape index (κ3) is 5.07. The highest BCUT2D eigenvalue weighted by Gasteiger charge is 2.22. The van der Waals surface area contributed by atoms with E-state index in [4.69, 9.17) is 18.9 Å². The Labute approximate surface area is 187 Å². The summed E-state index contributed by atoms with van der Waals surface area (Å²) in [6.07, 6.45) is 1.67. The van der Waals surface area contributed by atoms with Gasteiger partial charge in [-0.1, -0.05) is 0 Å². The number of halogens is 1. The summed E-state index contributed by atoms with van der Waals surface area (Å²) in [7, 11) is 1.72. The molecular weight excluding hydrogens is 413 g/mol. The van der Waals surface area contributed by atoms with Gasteiger partial charge >= 0.3 is 0 Å². The van der Waals surface area contributed by atoms with Gasteiger partial charge < -0.3 is 29.6 Å². The van der Waals surface area contributed by atoms with Gasteiger partial charge in [0.1, 0.15) is 29.2 Å². The molecule has 0 radical (unpaired) electrons. The highest BCUT2D eigenvalue weighted by atomic mass is 19.1. The molecule has 0 bridgehead atoms. The molecule has 1 unspecified atom stereocenters. The molecule has 1 atom stereocenters. The second-order valence-electron chi connectivity index (χ2n) is 7.90. The van der Waals surface area contributed by atoms with Gasteiger partial charge in [-0.3, -0.25) is 4.99 Å². The molecule has 0 fully saturated rings. The molecule has 2 aromatic carbocycles. The van der Waals surface area contributed by atoms with Gasteiger partial charge in [0.05, 0.1) is 13.2 Å². The monoisotopic (exact) mass is 443 g/mol. The van der Waals surface area contributed by atoms with Gasteiger partial charge in [0.2, 0.25) is 0 Å². The predicted octanol–water partition coefficient (Wildman–Crippen LogP) is 3.32. The Morgan fingerprint density at radius 1 is 1.19 bits per heavy atom. The van der Waals surface area contributed by atoms with Crippen LogP contribution >= 0.6 is 0 Å². The van der Waals surface area contributed by atoms with Crippen molar-refractivity contribution in [1.29, 1.82) is 0 Å². The maximum atomic E-state index is 13.9. The summed E-state index contributed by atoms with van der Waals surface area (Å²) < 4.78 is 36.5. The van der Waals surface area contributed by atoms with E-state index in [1.807, 2.05) is 13.0 Å². The minimum absolute atomic E-state index is 0.182. The van der Waals surface area contributed by atoms with Crippen LogP contribution in [0.15, 0.2) is 29.3 Å². The molecule has 0 amide bonds. The van der Waals surface area contributed by atoms with E-state index in [-0.39, 0.29) is 18.7 Å². The zero-order valence-corrected chi connectivity index (χ0v) is 18.8. The first kappa shape index (κ1) is 22.2. The topological polar surface area (TPSA) is 73.3 Å². The summed E-state index contributed by atoms with van der Waals surface area (Å²) in [6, 6.07) is 7.10. The summed E-state index contributed by atoms with van der Waals surface area (Å²) in [5.41, 5.74) is 3.74. The Hall–Kier alpha value is -3.00. The lowest BCUT2D eigenvalue weighted by Gasteiger charge is -2.21. The van der Waals surface area contributed by atoms with E-state index in [1.54, 1.807) is 7.05 Å². The van der Waals surface area contributed by atoms with Crippen molar-refractivity contribution in [3.8, 4) is 17.2 Å². The number of aliphatic imine (C=N–C) groups is 1. The third-order valence-corrected chi connectivity index (χ3v) is 5.49. The fourth-order valence-electron chi connectivity index (χ4n) is 4.07. The lowest BCUT2D eigenvalue weighted by atomic mass is 10.1. The first-order valence-corrected chi connectivity index (χ1v) is 11.0. The lowest BCUT2D eigenvalue weighted by molar-refractivity contribution is -0.0172. The summed E-state index contributed by atoms with van der Waals surface area (Å²) >= 11 is 0. The highest BCUT2D eigenvalue weighted by molar-refractivity contribution is 5.79. The van der Waals surface area contributed by atoms with E-state index in [0.717, 1.165) is 40.4 Å². The minimum atomic E-state index is -0.285. The zero-order valence-electron chi connectivity index (χ0n) is 18.8. The zero-order chi connectivity index (χ0) is 22.5. The number of nitrogens with zero attached hydrogens (tertiary/aromatic N) is 1. The van der Waals surface area contributed by atoms with E-state index in [9.17, 15) is 4.39 Å². The van der Waals surface area contributed by atoms with Crippen LogP contribution in [0.3, 0.4) is 0 Å². The number of rotatable bonds is 7. The molecule has 2 heterocycles. The van der Waals surface area contributed by atoms with E-state index >= 15 is 0 Å². The van der Waals surface area contributed by atoms with Crippen LogP contribution in [0, 0.1) is 5.82 Å². The quantitative estimate of drug-likeness (QED) is 0.505. The molecule has 0 saturated heterocycles. The van der Waals surface area contributed by atoms with Crippen molar-refractivity contribution in [2.75, 3.05) is 27.0 Å². The van der Waals surface area contributed by atoms with Crippen molar-refractivity contribution in [3.63, 3.8) is 0 Å². The number of guanidine groups is 1. The average molecular weight is 444 g/mol. The second kappa shape index (κ2) is 10.1. The number of benzene rings is 2. The smallest absolute Gasteiger partial charge is 0.191 e. The van der Waals surface area contributed by atoms with Gasteiger partial charge in [0.25, 0.3) is 0 Å². The molecule has 2 aliphatic rings. The minimum Gasteiger partial charge on any atom is -0.494 e. The Morgan fingerprint density at radius 2 is 2.06 bits per heavy atom. The lowest BCUT2D eigenvalue weighted by Crippen LogP contribution is -2.38. The molecule has 7 nitrogen and oxygen atoms in total. The first-order chi connectivity index (χ1) is 15.6. The average Bonchev–Trinajstić information content (AvgIpc) is 3.14. The molecule has 172 valence electrons. The summed E-state index contributed by atoms with van der Waals surface area (Å²) in [6.45, 7) is 6.30. The first-order valence-electron chi connectivity index (χ1n) is 11.0. The summed E-state index contributed by atoms with van der Waals surface area (Å²) in [4.78, 5) is 4.30. The Bertz CT molecular complexity index is 996. The van der Waals surface area contributed by atoms with Crippen LogP contribution in [0.2, 0.25) is 0 Å². The number of fused-ring (bicyclic) bond motifs is 2. The van der Waals surface area contributed by atoms with E-state index in [1.165, 1.54) is 17.7 Å². The van der Waals surface area contributed by atoms with Crippen LogP contribution < -0.4 is 24.8 Å². The SMILES string of the molecule is CCOc1cc2c(cc1CNC(=NC)NCCc1cc(F)cc3c1OCOC3)OC(C)C2. The van der Waals surface area contributed by atoms with Gasteiger partial charge in [-0.05, 0) is 50.1 Å². The Balaban J connectivity index is 1.36. The van der Waals surface area contributed by atoms with Crippen LogP contribution in [0.1, 0.15) is 36.1 Å². The maximum Gasteiger partial charge on any atom is 0.191 e. The molecule has 2 aromatic rings. The number of hydrogen-bond donors (Lipinski definition) is 2. The second-order valence-corrected chi connectivity index (χ2v) is 7.90. The van der Waals surface area contributed by atoms with Crippen molar-refractivity contribution in [2.45, 2.75) is 45.9 Å². The molecule has 0 aliphatic carbocycles. The third-order valence-electron chi connectivity index (χ3n) is 5.49. The molecule has 4 rings (SSSR count). The molecule has 8 heteroatoms. The largest absolute Gasteiger partial charge is 0.494 e. The van der Waals surface area contributed by atoms with Gasteiger partial charge in [0, 0.05) is 43.2 Å². The van der Waals surface area contributed by atoms with Crippen LogP contribution in [-0.4, -0.2) is 39.1 Å². The predicted molar refractivity (Wildman–Crippen MR) is 120 cm³/mol. The van der Waals surface area contributed by atoms with Crippen LogP contribution in [0.5, 0.6) is 17.2 Å². The summed E-state index contributed by atoms with van der Waals surface area (Å²) in [5.74, 6) is 2.86. The fourth-order valence-corrected chi connectivity index (χ4v) is 4.07. The molecule has 2 aliphatic heterocycles. The normalized spacial score (nSPS) is 17.1. The van der Waals surface area contributed by atoms with Crippen LogP contribution in [-0.2, 0) is 30.7 Å². The highest BCUT2D eigenvalue weighted by Crippen LogP contribution is 2.35. The molecule has 0 spiro atoms. The molecular formula is C24H30FN3O4. The van der Waals surface area contributed by atoms with Gasteiger partial charge in [-0.2, -0.15) is 0 Å². The van der Waals surface area contributed by atoms with E-state index in [2.05, 4.69) is 28.6 Å². The van der Waals surface area contributed by atoms with Crippen molar-refractivity contribution < 1.29 is 23.3 Å².